The Balaban J connectivity index is 1.38. The Kier molecular flexibility index (Phi) is 4.92. The Morgan fingerprint density at radius 1 is 1.27 bits per heavy atom. The highest BCUT2D eigenvalue weighted by molar-refractivity contribution is 6.33. The van der Waals surface area contributed by atoms with E-state index in [9.17, 15) is 4.79 Å². The minimum Gasteiger partial charge on any atom is -0.371 e. The van der Waals surface area contributed by atoms with E-state index in [0.29, 0.717) is 17.7 Å². The zero-order valence-corrected chi connectivity index (χ0v) is 15.9. The van der Waals surface area contributed by atoms with Gasteiger partial charge in [0.2, 0.25) is 0 Å². The maximum absolute atomic E-state index is 12.4. The molecule has 2 fully saturated rings. The van der Waals surface area contributed by atoms with Gasteiger partial charge in [-0.15, -0.1) is 0 Å². The van der Waals surface area contributed by atoms with Crippen LogP contribution in [0.1, 0.15) is 28.6 Å². The number of carbonyl (C=O) groups is 1. The number of fused-ring (bicyclic) bond motifs is 1. The number of aryl methyl sites for hydroxylation is 1. The van der Waals surface area contributed by atoms with Crippen molar-refractivity contribution in [3.8, 4) is 0 Å². The van der Waals surface area contributed by atoms with Gasteiger partial charge >= 0.3 is 0 Å². The Hall–Kier alpha value is -1.60. The van der Waals surface area contributed by atoms with Gasteiger partial charge in [0.15, 0.2) is 5.69 Å². The topological polar surface area (TPSA) is 59.4 Å². The molecule has 6 nitrogen and oxygen atoms in total. The third-order valence-corrected chi connectivity index (χ3v) is 5.52. The summed E-state index contributed by atoms with van der Waals surface area (Å²) in [6, 6.07) is 8.17. The maximum atomic E-state index is 12.4. The van der Waals surface area contributed by atoms with E-state index in [2.05, 4.69) is 15.3 Å². The highest BCUT2D eigenvalue weighted by atomic mass is 35.5. The summed E-state index contributed by atoms with van der Waals surface area (Å²) in [5.74, 6) is -0.226. The lowest BCUT2D eigenvalue weighted by atomic mass is 10.1. The summed E-state index contributed by atoms with van der Waals surface area (Å²) < 4.78 is 7.59. The molecule has 138 valence electrons. The molecular formula is C18H20Cl2N4O2. The maximum Gasteiger partial charge on any atom is 0.273 e. The summed E-state index contributed by atoms with van der Waals surface area (Å²) in [4.78, 5) is 14.8. The first-order valence-electron chi connectivity index (χ1n) is 8.60. The molecule has 2 aliphatic rings. The van der Waals surface area contributed by atoms with Crippen LogP contribution in [-0.2, 0) is 11.8 Å². The molecule has 1 amide bonds. The van der Waals surface area contributed by atoms with E-state index in [4.69, 9.17) is 27.9 Å². The molecule has 2 aromatic rings. The molecule has 1 aromatic carbocycles. The molecule has 1 aromatic heterocycles. The molecule has 0 spiro atoms. The molecule has 0 unspecified atom stereocenters. The predicted octanol–water partition coefficient (Wildman–Crippen LogP) is 2.67. The van der Waals surface area contributed by atoms with Crippen LogP contribution < -0.4 is 5.32 Å². The standard InChI is InChI=1S/C18H20Cl2N4O2/c1-23-8-15(20)17(22-23)18(25)21-13-6-14-10-26-16(9-24(14)7-13)11-2-4-12(19)5-3-11/h2-5,8,13-14,16H,6-7,9-10H2,1H3,(H,21,25)/t13-,14+,16-/m1/s1. The summed E-state index contributed by atoms with van der Waals surface area (Å²) in [5.41, 5.74) is 1.40. The zero-order chi connectivity index (χ0) is 18.3. The number of amides is 1. The van der Waals surface area contributed by atoms with Crippen molar-refractivity contribution < 1.29 is 9.53 Å². The lowest BCUT2D eigenvalue weighted by molar-refractivity contribution is -0.0502. The average molecular weight is 395 g/mol. The van der Waals surface area contributed by atoms with E-state index >= 15 is 0 Å². The second kappa shape index (κ2) is 7.19. The molecule has 3 atom stereocenters. The van der Waals surface area contributed by atoms with E-state index in [-0.39, 0.29) is 23.7 Å². The van der Waals surface area contributed by atoms with Crippen molar-refractivity contribution in [3.05, 3.63) is 51.8 Å². The molecule has 26 heavy (non-hydrogen) atoms. The number of ether oxygens (including phenoxy) is 1. The molecule has 4 rings (SSSR count). The summed E-state index contributed by atoms with van der Waals surface area (Å²) in [6.07, 6.45) is 2.52. The fraction of sp³-hybridized carbons (Fsp3) is 0.444. The van der Waals surface area contributed by atoms with Gasteiger partial charge in [-0.1, -0.05) is 35.3 Å². The molecule has 0 radical (unpaired) electrons. The van der Waals surface area contributed by atoms with Crippen molar-refractivity contribution in [2.75, 3.05) is 19.7 Å². The van der Waals surface area contributed by atoms with Crippen molar-refractivity contribution in [2.24, 2.45) is 7.05 Å². The normalized spacial score (nSPS) is 25.9. The Bertz CT molecular complexity index is 808. The van der Waals surface area contributed by atoms with Crippen LogP contribution in [0.25, 0.3) is 0 Å². The molecule has 0 saturated carbocycles. The van der Waals surface area contributed by atoms with Crippen LogP contribution in [0, 0.1) is 0 Å². The van der Waals surface area contributed by atoms with E-state index in [1.54, 1.807) is 17.9 Å². The fourth-order valence-corrected chi connectivity index (χ4v) is 4.12. The van der Waals surface area contributed by atoms with E-state index in [1.807, 2.05) is 24.3 Å². The Morgan fingerprint density at radius 3 is 2.73 bits per heavy atom. The molecule has 3 heterocycles. The highest BCUT2D eigenvalue weighted by Gasteiger charge is 2.38. The van der Waals surface area contributed by atoms with Crippen LogP contribution in [0.5, 0.6) is 0 Å². The molecule has 2 saturated heterocycles. The number of hydrogen-bond donors (Lipinski definition) is 1. The number of nitrogens with zero attached hydrogens (tertiary/aromatic N) is 3. The number of aromatic nitrogens is 2. The average Bonchev–Trinajstić information content (AvgIpc) is 3.16. The van der Waals surface area contributed by atoms with Crippen molar-refractivity contribution >= 4 is 29.1 Å². The minimum absolute atomic E-state index is 0.0307. The minimum atomic E-state index is -0.226. The fourth-order valence-electron chi connectivity index (χ4n) is 3.72. The van der Waals surface area contributed by atoms with E-state index in [1.165, 1.54) is 0 Å². The second-order valence-electron chi connectivity index (χ2n) is 6.89. The van der Waals surface area contributed by atoms with Gasteiger partial charge in [0.1, 0.15) is 0 Å². The summed E-state index contributed by atoms with van der Waals surface area (Å²) >= 11 is 12.0. The summed E-state index contributed by atoms with van der Waals surface area (Å²) in [6.45, 7) is 2.27. The lowest BCUT2D eigenvalue weighted by Gasteiger charge is -2.35. The molecule has 1 N–H and O–H groups in total. The Labute approximate surface area is 162 Å². The third kappa shape index (κ3) is 3.60. The largest absolute Gasteiger partial charge is 0.371 e. The second-order valence-corrected chi connectivity index (χ2v) is 7.73. The number of nitrogens with one attached hydrogen (secondary N) is 1. The smallest absolute Gasteiger partial charge is 0.273 e. The lowest BCUT2D eigenvalue weighted by Crippen LogP contribution is -2.43. The summed E-state index contributed by atoms with van der Waals surface area (Å²) in [7, 11) is 1.74. The van der Waals surface area contributed by atoms with Crippen molar-refractivity contribution in [3.63, 3.8) is 0 Å². The molecule has 2 aliphatic heterocycles. The highest BCUT2D eigenvalue weighted by Crippen LogP contribution is 2.31. The van der Waals surface area contributed by atoms with Crippen molar-refractivity contribution in [1.29, 1.82) is 0 Å². The van der Waals surface area contributed by atoms with Gasteiger partial charge < -0.3 is 10.1 Å². The third-order valence-electron chi connectivity index (χ3n) is 4.99. The van der Waals surface area contributed by atoms with Gasteiger partial charge in [-0.3, -0.25) is 14.4 Å². The first-order valence-corrected chi connectivity index (χ1v) is 9.36. The number of benzene rings is 1. The zero-order valence-electron chi connectivity index (χ0n) is 14.4. The quantitative estimate of drug-likeness (QED) is 0.868. The number of hydrogen-bond acceptors (Lipinski definition) is 4. The van der Waals surface area contributed by atoms with Gasteiger partial charge in [-0.05, 0) is 24.1 Å². The monoisotopic (exact) mass is 394 g/mol. The van der Waals surface area contributed by atoms with Gasteiger partial charge in [0, 0.05) is 43.4 Å². The Morgan fingerprint density at radius 2 is 2.04 bits per heavy atom. The van der Waals surface area contributed by atoms with E-state index in [0.717, 1.165) is 30.1 Å². The molecular weight excluding hydrogens is 375 g/mol. The van der Waals surface area contributed by atoms with Gasteiger partial charge in [-0.2, -0.15) is 5.10 Å². The number of morpholine rings is 1. The van der Waals surface area contributed by atoms with Crippen LogP contribution in [0.2, 0.25) is 10.0 Å². The molecule has 0 aliphatic carbocycles. The summed E-state index contributed by atoms with van der Waals surface area (Å²) in [5, 5.41) is 8.27. The number of rotatable bonds is 3. The molecule has 8 heteroatoms. The van der Waals surface area contributed by atoms with Gasteiger partial charge in [0.05, 0.1) is 17.7 Å². The SMILES string of the molecule is Cn1cc(Cl)c(C(=O)N[C@@H]2C[C@H]3CO[C@@H](c4ccc(Cl)cc4)CN3C2)n1. The van der Waals surface area contributed by atoms with Gasteiger partial charge in [0.25, 0.3) is 5.91 Å². The molecule has 0 bridgehead atoms. The van der Waals surface area contributed by atoms with Crippen LogP contribution in [0.15, 0.2) is 30.5 Å². The van der Waals surface area contributed by atoms with Gasteiger partial charge in [-0.25, -0.2) is 0 Å². The van der Waals surface area contributed by atoms with Crippen molar-refractivity contribution in [2.45, 2.75) is 24.6 Å². The van der Waals surface area contributed by atoms with Crippen LogP contribution in [-0.4, -0.2) is 52.4 Å². The number of halogens is 2. The van der Waals surface area contributed by atoms with Crippen LogP contribution >= 0.6 is 23.2 Å². The van der Waals surface area contributed by atoms with Crippen LogP contribution in [0.4, 0.5) is 0 Å². The number of carbonyl (C=O) groups excluding carboxylic acids is 1. The first-order chi connectivity index (χ1) is 12.5. The first kappa shape index (κ1) is 17.8. The van der Waals surface area contributed by atoms with Crippen molar-refractivity contribution in [1.82, 2.24) is 20.0 Å². The van der Waals surface area contributed by atoms with Crippen LogP contribution in [0.3, 0.4) is 0 Å². The predicted molar refractivity (Wildman–Crippen MR) is 99.6 cm³/mol. The van der Waals surface area contributed by atoms with E-state index < -0.39 is 0 Å².